The number of alkyl halides is 3. The van der Waals surface area contributed by atoms with Crippen LogP contribution in [0.15, 0.2) is 70.7 Å². The zero-order valence-corrected chi connectivity index (χ0v) is 27.4. The predicted octanol–water partition coefficient (Wildman–Crippen LogP) is 7.39. The van der Waals surface area contributed by atoms with Crippen LogP contribution in [0.2, 0.25) is 0 Å². The summed E-state index contributed by atoms with van der Waals surface area (Å²) in [6.07, 6.45) is 2.29. The maximum absolute atomic E-state index is 13.8. The number of carbonyl (C=O) groups is 1. The number of nitrogens with zero attached hydrogens (tertiary/aromatic N) is 1. The Morgan fingerprint density at radius 2 is 1.80 bits per heavy atom. The number of rotatable bonds is 4. The zero-order chi connectivity index (χ0) is 28.9. The molecule has 0 aliphatic carbocycles. The number of fused-ring (bicyclic) bond motifs is 1. The maximum atomic E-state index is 13.8. The van der Waals surface area contributed by atoms with E-state index in [1.807, 2.05) is 30.4 Å². The van der Waals surface area contributed by atoms with Crippen molar-refractivity contribution in [3.63, 3.8) is 0 Å². The first kappa shape index (κ1) is 30.6. The Morgan fingerprint density at radius 3 is 2.52 bits per heavy atom. The fourth-order valence-corrected chi connectivity index (χ4v) is 6.21. The normalized spacial score (nSPS) is 17.1. The van der Waals surface area contributed by atoms with Crippen molar-refractivity contribution in [1.82, 2.24) is 4.90 Å². The summed E-state index contributed by atoms with van der Waals surface area (Å²) in [4.78, 5) is 15.5. The second kappa shape index (κ2) is 13.5. The summed E-state index contributed by atoms with van der Waals surface area (Å²) in [6, 6.07) is 13.8. The predicted molar refractivity (Wildman–Crippen MR) is 149 cm³/mol. The molecule has 1 aliphatic rings. The van der Waals surface area contributed by atoms with Crippen LogP contribution in [0.1, 0.15) is 46.3 Å². The molecule has 0 radical (unpaired) electrons. The second-order valence-corrected chi connectivity index (χ2v) is 12.8. The van der Waals surface area contributed by atoms with Gasteiger partial charge in [-0.2, -0.15) is 0 Å². The van der Waals surface area contributed by atoms with E-state index in [4.69, 9.17) is 0 Å². The third kappa shape index (κ3) is 8.81. The second-order valence-electron chi connectivity index (χ2n) is 9.44. The third-order valence-corrected chi connectivity index (χ3v) is 8.63. The Labute approximate surface area is 253 Å². The average molecular weight is 810 g/mol. The summed E-state index contributed by atoms with van der Waals surface area (Å²) >= 11 is 3.56. The van der Waals surface area contributed by atoms with Crippen LogP contribution >= 0.6 is 15.9 Å². The molecule has 4 rings (SSSR count). The molecule has 206 valence electrons. The fraction of sp³-hybridized carbons (Fsp3) is 0.233. The number of benzene rings is 3. The molecule has 3 aromatic rings. The van der Waals surface area contributed by atoms with Crippen molar-refractivity contribution in [2.24, 2.45) is 0 Å². The van der Waals surface area contributed by atoms with Gasteiger partial charge in [-0.15, -0.1) is 0 Å². The number of ketones is 1. The van der Waals surface area contributed by atoms with Gasteiger partial charge < -0.3 is 0 Å². The Morgan fingerprint density at radius 1 is 1.00 bits per heavy atom. The van der Waals surface area contributed by atoms with E-state index in [0.717, 1.165) is 21.7 Å². The summed E-state index contributed by atoms with van der Waals surface area (Å²) in [6.45, 7) is 1.59. The van der Waals surface area contributed by atoms with Gasteiger partial charge in [0.05, 0.1) is 0 Å². The number of Topliss-reactive ketones (excluding diaryl/α,β-unsaturated/α-hetero) is 1. The van der Waals surface area contributed by atoms with Gasteiger partial charge in [-0.25, -0.2) is 8.78 Å². The third-order valence-electron chi connectivity index (χ3n) is 6.38. The first-order valence-corrected chi connectivity index (χ1v) is 15.5. The van der Waals surface area contributed by atoms with Gasteiger partial charge in [-0.05, 0) is 0 Å². The quantitative estimate of drug-likeness (QED) is 0.204. The number of carbonyl (C=O) groups excluding carboxylic acids is 1. The van der Waals surface area contributed by atoms with Crippen molar-refractivity contribution in [3.8, 4) is 5.75 Å². The Kier molecular flexibility index (Phi) is 10.3. The van der Waals surface area contributed by atoms with Gasteiger partial charge in [0.25, 0.3) is 0 Å². The number of halogens is 6. The molecule has 0 spiro atoms. The topological polar surface area (TPSA) is 29.5 Å². The monoisotopic (exact) mass is 809 g/mol. The van der Waals surface area contributed by atoms with E-state index in [-0.39, 0.29) is 43.7 Å². The van der Waals surface area contributed by atoms with Crippen molar-refractivity contribution in [2.75, 3.05) is 13.1 Å². The zero-order valence-electron chi connectivity index (χ0n) is 21.3. The van der Waals surface area contributed by atoms with E-state index >= 15 is 0 Å². The van der Waals surface area contributed by atoms with Gasteiger partial charge in [-0.1, -0.05) is 0 Å². The summed E-state index contributed by atoms with van der Waals surface area (Å²) in [7, 11) is 0. The van der Waals surface area contributed by atoms with Crippen molar-refractivity contribution in [3.05, 3.63) is 105 Å². The molecule has 0 atom stereocenters. The van der Waals surface area contributed by atoms with E-state index in [1.165, 1.54) is 12.1 Å². The van der Waals surface area contributed by atoms with Crippen molar-refractivity contribution in [1.29, 1.82) is 0 Å². The first-order valence-electron chi connectivity index (χ1n) is 12.5. The Bertz CT molecular complexity index is 1450. The molecule has 0 amide bonds. The molecule has 10 heteroatoms. The van der Waals surface area contributed by atoms with Gasteiger partial charge in [0.2, 0.25) is 0 Å². The molecule has 3 nitrogen and oxygen atoms in total. The number of hydrogen-bond acceptors (Lipinski definition) is 3. The Hall–Kier alpha value is -2.38. The molecule has 0 saturated carbocycles. The van der Waals surface area contributed by atoms with E-state index in [9.17, 15) is 26.7 Å². The van der Waals surface area contributed by atoms with E-state index in [1.54, 1.807) is 24.3 Å². The van der Waals surface area contributed by atoms with Crippen LogP contribution in [0.25, 0.3) is 12.2 Å². The number of hydrogen-bond donors (Lipinski definition) is 0. The van der Waals surface area contributed by atoms with Crippen LogP contribution in [0, 0.1) is 11.6 Å². The van der Waals surface area contributed by atoms with Gasteiger partial charge >= 0.3 is 240 Å². The van der Waals surface area contributed by atoms with Gasteiger partial charge in [-0.3, -0.25) is 0 Å². The number of ether oxygens (including phenoxy) is 1. The van der Waals surface area contributed by atoms with Crippen molar-refractivity contribution < 1.29 is 31.5 Å². The van der Waals surface area contributed by atoms with Gasteiger partial charge in [0, 0.05) is 0 Å². The molecule has 0 bridgehead atoms. The minimum atomic E-state index is -4.77. The molecule has 0 saturated heterocycles. The summed E-state index contributed by atoms with van der Waals surface area (Å²) in [5.41, 5.74) is 3.50. The van der Waals surface area contributed by atoms with E-state index in [0.29, 0.717) is 52.3 Å². The average Bonchev–Trinajstić information content (AvgIpc) is 2.87. The van der Waals surface area contributed by atoms with Gasteiger partial charge in [0.15, 0.2) is 5.82 Å². The molecule has 0 aromatic heterocycles. The fourth-order valence-electron chi connectivity index (χ4n) is 4.48. The molecule has 1 heterocycles. The van der Waals surface area contributed by atoms with Crippen LogP contribution in [0.4, 0.5) is 22.0 Å². The molecule has 0 unspecified atom stereocenters. The first-order chi connectivity index (χ1) is 19.0. The standard InChI is InChI=1S/C30H24BrF5NO2.Tl/c31-24-7-10-26-23(18-24)3-1-2-13-37(19-22-6-11-27(32)28(33)16-22)14-12-21(17-29(26)38)15-20-4-8-25(9-5-20)39-30(34,35)36;/h1,3-8,10-11,15-16,18H,2,12-14,17,19H2;/b3-1+,21-15+;. The molecule has 1 aliphatic heterocycles. The summed E-state index contributed by atoms with van der Waals surface area (Å²) in [5, 5.41) is 0. The molecule has 0 N–H and O–H groups in total. The van der Waals surface area contributed by atoms with Crippen molar-refractivity contribution >= 4 is 62.8 Å². The molecular formula is C30H24BrF5NO2Tl. The molecule has 40 heavy (non-hydrogen) atoms. The van der Waals surface area contributed by atoms with Crippen LogP contribution in [-0.2, 0) is 6.54 Å². The van der Waals surface area contributed by atoms with Crippen LogP contribution in [-0.4, -0.2) is 55.9 Å². The molecular weight excluding hydrogens is 786 g/mol. The van der Waals surface area contributed by atoms with E-state index < -0.39 is 18.0 Å². The summed E-state index contributed by atoms with van der Waals surface area (Å²) in [5.74, 6) is -2.09. The van der Waals surface area contributed by atoms with Crippen LogP contribution in [0.5, 0.6) is 5.75 Å². The molecule has 0 fully saturated rings. The Balaban J connectivity index is 1.66. The van der Waals surface area contributed by atoms with Crippen LogP contribution < -0.4 is 7.86 Å². The van der Waals surface area contributed by atoms with Gasteiger partial charge in [0.1, 0.15) is 0 Å². The molecule has 3 aromatic carbocycles. The minimum absolute atomic E-state index is 0.0730. The van der Waals surface area contributed by atoms with Crippen molar-refractivity contribution in [2.45, 2.75) is 32.2 Å². The van der Waals surface area contributed by atoms with E-state index in [2.05, 4.69) is 25.6 Å². The SMILES string of the molecule is O=C1C/C(=C/c2ccc(OC(F)(F)F)[c]([Tl])c2)CCN(Cc2ccc(F)c(F)c2)CC/C=C/c2cc(Br)ccc21. The van der Waals surface area contributed by atoms with Crippen LogP contribution in [0.3, 0.4) is 0 Å². The summed E-state index contributed by atoms with van der Waals surface area (Å²) < 4.78 is 70.9.